The average molecular weight is 378 g/mol. The molecule has 3 aromatic rings. The van der Waals surface area contributed by atoms with Gasteiger partial charge in [-0.05, 0) is 35.9 Å². The largest absolute Gasteiger partial charge is 0.507 e. The fourth-order valence-corrected chi connectivity index (χ4v) is 3.06. The molecule has 0 aliphatic carbocycles. The Morgan fingerprint density at radius 2 is 1.59 bits per heavy atom. The molecule has 0 atom stereocenters. The Morgan fingerprint density at radius 1 is 0.909 bits per heavy atom. The predicted molar refractivity (Wildman–Crippen MR) is 91.6 cm³/mol. The summed E-state index contributed by atoms with van der Waals surface area (Å²) < 4.78 is 14.8. The van der Waals surface area contributed by atoms with Crippen LogP contribution in [0.15, 0.2) is 65.1 Å². The minimum Gasteiger partial charge on any atom is -0.507 e. The second-order valence-corrected chi connectivity index (χ2v) is 6.10. The van der Waals surface area contributed by atoms with Gasteiger partial charge in [-0.15, -0.1) is 0 Å². The number of hydrogen-bond donors (Lipinski definition) is 1. The van der Waals surface area contributed by atoms with Gasteiger partial charge in [-0.3, -0.25) is 0 Å². The molecular formula is C18H11BrClFO. The van der Waals surface area contributed by atoms with Crippen LogP contribution in [-0.4, -0.2) is 5.11 Å². The zero-order valence-electron chi connectivity index (χ0n) is 11.4. The molecule has 1 N–H and O–H groups in total. The van der Waals surface area contributed by atoms with Crippen molar-refractivity contribution < 1.29 is 9.50 Å². The second-order valence-electron chi connectivity index (χ2n) is 4.81. The van der Waals surface area contributed by atoms with Crippen LogP contribution in [0.3, 0.4) is 0 Å². The number of hydrogen-bond acceptors (Lipinski definition) is 1. The summed E-state index contributed by atoms with van der Waals surface area (Å²) in [5.74, 6) is -0.449. The van der Waals surface area contributed by atoms with Crippen molar-refractivity contribution in [1.82, 2.24) is 0 Å². The van der Waals surface area contributed by atoms with E-state index in [1.54, 1.807) is 24.3 Å². The highest BCUT2D eigenvalue weighted by molar-refractivity contribution is 9.10. The Morgan fingerprint density at radius 3 is 2.27 bits per heavy atom. The van der Waals surface area contributed by atoms with Crippen LogP contribution in [0.5, 0.6) is 5.75 Å². The minimum atomic E-state index is -0.478. The van der Waals surface area contributed by atoms with E-state index in [9.17, 15) is 9.50 Å². The maximum atomic E-state index is 14.2. The lowest BCUT2D eigenvalue weighted by Gasteiger charge is -2.13. The van der Waals surface area contributed by atoms with Crippen molar-refractivity contribution >= 4 is 27.5 Å². The Hall–Kier alpha value is -1.84. The van der Waals surface area contributed by atoms with Crippen molar-refractivity contribution in [3.63, 3.8) is 0 Å². The van der Waals surface area contributed by atoms with E-state index in [1.807, 2.05) is 30.3 Å². The van der Waals surface area contributed by atoms with Crippen LogP contribution in [0.1, 0.15) is 0 Å². The van der Waals surface area contributed by atoms with Gasteiger partial charge in [0.25, 0.3) is 0 Å². The molecule has 0 unspecified atom stereocenters. The van der Waals surface area contributed by atoms with E-state index in [2.05, 4.69) is 15.9 Å². The zero-order chi connectivity index (χ0) is 15.7. The summed E-state index contributed by atoms with van der Waals surface area (Å²) in [5.41, 5.74) is 2.22. The first kappa shape index (κ1) is 15.1. The van der Waals surface area contributed by atoms with Crippen LogP contribution in [0, 0.1) is 5.82 Å². The van der Waals surface area contributed by atoms with E-state index in [1.165, 1.54) is 6.07 Å². The standard InChI is InChI=1S/C18H11BrClFO/c19-15-9-8-13(11-4-2-1-3-5-11)18(22)17(15)14-7-6-12(20)10-16(14)21/h1-10,22H. The third kappa shape index (κ3) is 2.74. The summed E-state index contributed by atoms with van der Waals surface area (Å²) in [6.07, 6.45) is 0. The summed E-state index contributed by atoms with van der Waals surface area (Å²) in [6, 6.07) is 17.5. The van der Waals surface area contributed by atoms with Crippen molar-refractivity contribution in [3.05, 3.63) is 76.0 Å². The summed E-state index contributed by atoms with van der Waals surface area (Å²) in [6.45, 7) is 0. The molecule has 0 radical (unpaired) electrons. The third-order valence-corrected chi connectivity index (χ3v) is 4.31. The van der Waals surface area contributed by atoms with Gasteiger partial charge in [-0.2, -0.15) is 0 Å². The Labute approximate surface area is 141 Å². The lowest BCUT2D eigenvalue weighted by atomic mass is 9.97. The molecule has 3 rings (SSSR count). The first-order chi connectivity index (χ1) is 10.6. The molecule has 110 valence electrons. The molecule has 0 aromatic heterocycles. The van der Waals surface area contributed by atoms with E-state index in [-0.39, 0.29) is 5.75 Å². The maximum Gasteiger partial charge on any atom is 0.132 e. The summed E-state index contributed by atoms with van der Waals surface area (Å²) in [5, 5.41) is 11.0. The summed E-state index contributed by atoms with van der Waals surface area (Å²) in [4.78, 5) is 0. The van der Waals surface area contributed by atoms with Crippen molar-refractivity contribution in [1.29, 1.82) is 0 Å². The zero-order valence-corrected chi connectivity index (χ0v) is 13.7. The van der Waals surface area contributed by atoms with Crippen LogP contribution in [0.2, 0.25) is 5.02 Å². The van der Waals surface area contributed by atoms with Gasteiger partial charge in [0.15, 0.2) is 0 Å². The third-order valence-electron chi connectivity index (χ3n) is 3.41. The Bertz CT molecular complexity index is 834. The van der Waals surface area contributed by atoms with Crippen molar-refractivity contribution in [2.45, 2.75) is 0 Å². The molecule has 1 nitrogen and oxygen atoms in total. The first-order valence-corrected chi connectivity index (χ1v) is 7.77. The van der Waals surface area contributed by atoms with E-state index < -0.39 is 5.82 Å². The normalized spacial score (nSPS) is 10.7. The number of aromatic hydroxyl groups is 1. The van der Waals surface area contributed by atoms with E-state index >= 15 is 0 Å². The summed E-state index contributed by atoms with van der Waals surface area (Å²) >= 11 is 9.18. The number of phenolic OH excluding ortho intramolecular Hbond substituents is 1. The first-order valence-electron chi connectivity index (χ1n) is 6.60. The van der Waals surface area contributed by atoms with E-state index in [0.717, 1.165) is 5.56 Å². The molecular weight excluding hydrogens is 367 g/mol. The van der Waals surface area contributed by atoms with Gasteiger partial charge in [-0.1, -0.05) is 57.9 Å². The maximum absolute atomic E-state index is 14.2. The van der Waals surface area contributed by atoms with Crippen LogP contribution in [-0.2, 0) is 0 Å². The van der Waals surface area contributed by atoms with Crippen molar-refractivity contribution in [2.75, 3.05) is 0 Å². The van der Waals surface area contributed by atoms with Gasteiger partial charge in [0.2, 0.25) is 0 Å². The quantitative estimate of drug-likeness (QED) is 0.557. The second kappa shape index (κ2) is 6.11. The fourth-order valence-electron chi connectivity index (χ4n) is 2.37. The summed E-state index contributed by atoms with van der Waals surface area (Å²) in [7, 11) is 0. The molecule has 0 aliphatic rings. The predicted octanol–water partition coefficient (Wildman–Crippen LogP) is 6.28. The monoisotopic (exact) mass is 376 g/mol. The molecule has 0 saturated heterocycles. The number of phenols is 1. The fraction of sp³-hybridized carbons (Fsp3) is 0. The molecule has 22 heavy (non-hydrogen) atoms. The Balaban J connectivity index is 2.24. The lowest BCUT2D eigenvalue weighted by molar-refractivity contribution is 0.478. The van der Waals surface area contributed by atoms with Gasteiger partial charge in [0, 0.05) is 26.2 Å². The van der Waals surface area contributed by atoms with Gasteiger partial charge >= 0.3 is 0 Å². The van der Waals surface area contributed by atoms with E-state index in [4.69, 9.17) is 11.6 Å². The van der Waals surface area contributed by atoms with E-state index in [0.29, 0.717) is 26.2 Å². The molecule has 0 fully saturated rings. The van der Waals surface area contributed by atoms with Crippen molar-refractivity contribution in [2.24, 2.45) is 0 Å². The highest BCUT2D eigenvalue weighted by Gasteiger charge is 2.17. The van der Waals surface area contributed by atoms with Crippen LogP contribution < -0.4 is 0 Å². The molecule has 0 saturated carbocycles. The molecule has 3 aromatic carbocycles. The van der Waals surface area contributed by atoms with Crippen LogP contribution in [0.25, 0.3) is 22.3 Å². The highest BCUT2D eigenvalue weighted by Crippen LogP contribution is 2.43. The van der Waals surface area contributed by atoms with Gasteiger partial charge in [-0.25, -0.2) is 4.39 Å². The lowest BCUT2D eigenvalue weighted by Crippen LogP contribution is -1.89. The molecule has 4 heteroatoms. The number of halogens is 3. The Kier molecular flexibility index (Phi) is 4.19. The van der Waals surface area contributed by atoms with Gasteiger partial charge < -0.3 is 5.11 Å². The molecule has 0 spiro atoms. The van der Waals surface area contributed by atoms with Crippen molar-refractivity contribution in [3.8, 4) is 28.0 Å². The minimum absolute atomic E-state index is 0.0294. The molecule has 0 bridgehead atoms. The van der Waals surface area contributed by atoms with Crippen LogP contribution in [0.4, 0.5) is 4.39 Å². The highest BCUT2D eigenvalue weighted by atomic mass is 79.9. The number of rotatable bonds is 2. The van der Waals surface area contributed by atoms with Crippen LogP contribution >= 0.6 is 27.5 Å². The average Bonchev–Trinajstić information content (AvgIpc) is 2.50. The molecule has 0 heterocycles. The van der Waals surface area contributed by atoms with Gasteiger partial charge in [0.05, 0.1) is 0 Å². The molecule has 0 amide bonds. The molecule has 0 aliphatic heterocycles. The topological polar surface area (TPSA) is 20.2 Å². The smallest absolute Gasteiger partial charge is 0.132 e. The number of benzene rings is 3. The van der Waals surface area contributed by atoms with Gasteiger partial charge in [0.1, 0.15) is 11.6 Å². The SMILES string of the molecule is Oc1c(-c2ccccc2)ccc(Br)c1-c1ccc(Cl)cc1F.